The molecule has 152 valence electrons. The van der Waals surface area contributed by atoms with Crippen LogP contribution < -0.4 is 4.74 Å². The Morgan fingerprint density at radius 2 is 1.75 bits per heavy atom. The highest BCUT2D eigenvalue weighted by atomic mass is 16.5. The number of carbonyl (C=O) groups is 1. The molecular formula is C24H33NO3. The van der Waals surface area contributed by atoms with Crippen LogP contribution in [0.2, 0.25) is 0 Å². The van der Waals surface area contributed by atoms with Crippen LogP contribution in [0.1, 0.15) is 49.5 Å². The van der Waals surface area contributed by atoms with E-state index >= 15 is 0 Å². The third-order valence-corrected chi connectivity index (χ3v) is 4.89. The highest BCUT2D eigenvalue weighted by Crippen LogP contribution is 2.16. The lowest BCUT2D eigenvalue weighted by molar-refractivity contribution is 0.0359. The molecule has 0 radical (unpaired) electrons. The van der Waals surface area contributed by atoms with Gasteiger partial charge in [-0.2, -0.15) is 0 Å². The Labute approximate surface area is 169 Å². The Bertz CT molecular complexity index is 698. The summed E-state index contributed by atoms with van der Waals surface area (Å²) < 4.78 is 11.4. The second-order valence-corrected chi connectivity index (χ2v) is 6.89. The van der Waals surface area contributed by atoms with Crippen LogP contribution in [0.3, 0.4) is 0 Å². The molecule has 2 aromatic carbocycles. The highest BCUT2D eigenvalue weighted by molar-refractivity contribution is 5.89. The van der Waals surface area contributed by atoms with Crippen LogP contribution in [0, 0.1) is 0 Å². The number of unbranched alkanes of at least 4 members (excludes halogenated alkanes) is 1. The average molecular weight is 384 g/mol. The van der Waals surface area contributed by atoms with E-state index in [1.165, 1.54) is 5.56 Å². The molecule has 0 unspecified atom stereocenters. The molecule has 0 aliphatic heterocycles. The molecule has 0 saturated carbocycles. The third-order valence-electron chi connectivity index (χ3n) is 4.89. The Kier molecular flexibility index (Phi) is 9.56. The fraction of sp³-hybridized carbons (Fsp3) is 0.458. The van der Waals surface area contributed by atoms with Gasteiger partial charge < -0.3 is 9.47 Å². The van der Waals surface area contributed by atoms with Gasteiger partial charge in [0, 0.05) is 6.04 Å². The van der Waals surface area contributed by atoms with Gasteiger partial charge in [-0.05, 0) is 49.7 Å². The van der Waals surface area contributed by atoms with Crippen LogP contribution >= 0.6 is 0 Å². The number of carbonyl (C=O) groups excluding carboxylic acids is 1. The maximum atomic E-state index is 12.6. The van der Waals surface area contributed by atoms with Crippen molar-refractivity contribution in [3.63, 3.8) is 0 Å². The Morgan fingerprint density at radius 3 is 2.43 bits per heavy atom. The number of benzene rings is 2. The number of rotatable bonds is 12. The summed E-state index contributed by atoms with van der Waals surface area (Å²) in [6, 6.07) is 17.8. The summed E-state index contributed by atoms with van der Waals surface area (Å²) in [5.74, 6) is 0.415. The van der Waals surface area contributed by atoms with Crippen molar-refractivity contribution in [2.24, 2.45) is 0 Å². The van der Waals surface area contributed by atoms with E-state index in [0.29, 0.717) is 24.5 Å². The monoisotopic (exact) mass is 383 g/mol. The van der Waals surface area contributed by atoms with Gasteiger partial charge in [-0.15, -0.1) is 0 Å². The van der Waals surface area contributed by atoms with E-state index in [2.05, 4.69) is 37.8 Å². The number of nitrogens with zero attached hydrogens (tertiary/aromatic N) is 1. The molecule has 0 spiro atoms. The quantitative estimate of drug-likeness (QED) is 0.383. The van der Waals surface area contributed by atoms with Crippen molar-refractivity contribution in [1.29, 1.82) is 0 Å². The summed E-state index contributed by atoms with van der Waals surface area (Å²) >= 11 is 0. The number of likely N-dealkylation sites (N-methyl/N-ethyl adjacent to an activating group) is 1. The van der Waals surface area contributed by atoms with Crippen LogP contribution in [0.4, 0.5) is 0 Å². The van der Waals surface area contributed by atoms with Gasteiger partial charge in [-0.25, -0.2) is 4.79 Å². The predicted octanol–water partition coefficient (Wildman–Crippen LogP) is 4.98. The van der Waals surface area contributed by atoms with Gasteiger partial charge in [0.15, 0.2) is 0 Å². The van der Waals surface area contributed by atoms with Gasteiger partial charge in [0.05, 0.1) is 12.2 Å². The minimum Gasteiger partial charge on any atom is -0.494 e. The van der Waals surface area contributed by atoms with E-state index in [1.807, 2.05) is 30.3 Å². The zero-order valence-electron chi connectivity index (χ0n) is 17.4. The molecule has 2 rings (SSSR count). The zero-order chi connectivity index (χ0) is 20.2. The van der Waals surface area contributed by atoms with Crippen LogP contribution in [-0.4, -0.2) is 43.2 Å². The lowest BCUT2D eigenvalue weighted by Crippen LogP contribution is -2.40. The predicted molar refractivity (Wildman–Crippen MR) is 114 cm³/mol. The maximum absolute atomic E-state index is 12.6. The molecule has 0 N–H and O–H groups in total. The van der Waals surface area contributed by atoms with Crippen molar-refractivity contribution < 1.29 is 14.3 Å². The molecule has 0 bridgehead atoms. The lowest BCUT2D eigenvalue weighted by Gasteiger charge is -2.29. The summed E-state index contributed by atoms with van der Waals surface area (Å²) in [4.78, 5) is 14.9. The first-order chi connectivity index (χ1) is 13.7. The summed E-state index contributed by atoms with van der Waals surface area (Å²) in [6.07, 6.45) is 2.94. The molecule has 28 heavy (non-hydrogen) atoms. The van der Waals surface area contributed by atoms with Gasteiger partial charge in [-0.3, -0.25) is 4.90 Å². The van der Waals surface area contributed by atoms with Crippen molar-refractivity contribution in [3.05, 3.63) is 65.7 Å². The molecule has 0 aliphatic rings. The van der Waals surface area contributed by atoms with Gasteiger partial charge in [0.1, 0.15) is 12.4 Å². The Balaban J connectivity index is 1.99. The fourth-order valence-corrected chi connectivity index (χ4v) is 3.22. The van der Waals surface area contributed by atoms with Gasteiger partial charge in [0.2, 0.25) is 0 Å². The summed E-state index contributed by atoms with van der Waals surface area (Å²) in [5, 5.41) is 0. The zero-order valence-corrected chi connectivity index (χ0v) is 17.4. The largest absolute Gasteiger partial charge is 0.494 e. The second-order valence-electron chi connectivity index (χ2n) is 6.89. The number of esters is 1. The van der Waals surface area contributed by atoms with Crippen molar-refractivity contribution in [2.75, 3.05) is 26.3 Å². The standard InChI is InChI=1S/C24H33NO3/c1-4-7-16-27-23-15-11-14-21(18-23)24(26)28-19-22(25(5-2)6-3)17-20-12-9-8-10-13-20/h8-15,18,22H,4-7,16-17,19H2,1-3H3/t22-/m0/s1. The summed E-state index contributed by atoms with van der Waals surface area (Å²) in [6.45, 7) is 9.28. The van der Waals surface area contributed by atoms with Crippen LogP contribution in [-0.2, 0) is 11.2 Å². The van der Waals surface area contributed by atoms with E-state index < -0.39 is 0 Å². The molecular weight excluding hydrogens is 350 g/mol. The first kappa shape index (κ1) is 22.0. The lowest BCUT2D eigenvalue weighted by atomic mass is 10.1. The molecule has 0 fully saturated rings. The van der Waals surface area contributed by atoms with Gasteiger partial charge in [-0.1, -0.05) is 63.6 Å². The van der Waals surface area contributed by atoms with E-state index in [4.69, 9.17) is 9.47 Å². The first-order valence-electron chi connectivity index (χ1n) is 10.4. The van der Waals surface area contributed by atoms with Crippen LogP contribution in [0.15, 0.2) is 54.6 Å². The normalized spacial score (nSPS) is 12.0. The van der Waals surface area contributed by atoms with Crippen LogP contribution in [0.5, 0.6) is 5.75 Å². The van der Waals surface area contributed by atoms with Crippen molar-refractivity contribution in [1.82, 2.24) is 4.90 Å². The first-order valence-corrected chi connectivity index (χ1v) is 10.4. The third kappa shape index (κ3) is 7.01. The second kappa shape index (κ2) is 12.2. The molecule has 0 saturated heterocycles. The number of hydrogen-bond acceptors (Lipinski definition) is 4. The van der Waals surface area contributed by atoms with E-state index in [1.54, 1.807) is 12.1 Å². The van der Waals surface area contributed by atoms with Gasteiger partial charge >= 0.3 is 5.97 Å². The van der Waals surface area contributed by atoms with E-state index in [0.717, 1.165) is 32.4 Å². The van der Waals surface area contributed by atoms with E-state index in [-0.39, 0.29) is 12.0 Å². The van der Waals surface area contributed by atoms with Crippen molar-refractivity contribution in [3.8, 4) is 5.75 Å². The Morgan fingerprint density at radius 1 is 1.00 bits per heavy atom. The smallest absolute Gasteiger partial charge is 0.338 e. The molecule has 0 heterocycles. The minimum atomic E-state index is -0.300. The topological polar surface area (TPSA) is 38.8 Å². The molecule has 0 aliphatic carbocycles. The Hall–Kier alpha value is -2.33. The number of ether oxygens (including phenoxy) is 2. The van der Waals surface area contributed by atoms with E-state index in [9.17, 15) is 4.79 Å². The maximum Gasteiger partial charge on any atom is 0.338 e. The summed E-state index contributed by atoms with van der Waals surface area (Å²) in [7, 11) is 0. The number of hydrogen-bond donors (Lipinski definition) is 0. The molecule has 4 heteroatoms. The van der Waals surface area contributed by atoms with Crippen molar-refractivity contribution >= 4 is 5.97 Å². The molecule has 1 atom stereocenters. The highest BCUT2D eigenvalue weighted by Gasteiger charge is 2.19. The molecule has 2 aromatic rings. The molecule has 4 nitrogen and oxygen atoms in total. The molecule has 0 amide bonds. The minimum absolute atomic E-state index is 0.158. The van der Waals surface area contributed by atoms with Gasteiger partial charge in [0.25, 0.3) is 0 Å². The SMILES string of the molecule is CCCCOc1cccc(C(=O)OC[C@H](Cc2ccccc2)N(CC)CC)c1. The molecule has 0 aromatic heterocycles. The van der Waals surface area contributed by atoms with Crippen LogP contribution in [0.25, 0.3) is 0 Å². The van der Waals surface area contributed by atoms with Crippen molar-refractivity contribution in [2.45, 2.75) is 46.1 Å². The fourth-order valence-electron chi connectivity index (χ4n) is 3.22. The average Bonchev–Trinajstić information content (AvgIpc) is 2.73. The summed E-state index contributed by atoms with van der Waals surface area (Å²) in [5.41, 5.74) is 1.79.